The van der Waals surface area contributed by atoms with Crippen LogP contribution in [0.2, 0.25) is 0 Å². The van der Waals surface area contributed by atoms with Gasteiger partial charge in [-0.05, 0) is 31.4 Å². The summed E-state index contributed by atoms with van der Waals surface area (Å²) in [5, 5.41) is 0. The van der Waals surface area contributed by atoms with Crippen molar-refractivity contribution >= 4 is 26.2 Å². The van der Waals surface area contributed by atoms with Gasteiger partial charge < -0.3 is 4.74 Å². The Morgan fingerprint density at radius 1 is 1.29 bits per heavy atom. The van der Waals surface area contributed by atoms with Crippen LogP contribution in [0.25, 0.3) is 0 Å². The first kappa shape index (κ1) is 18.2. The Balaban J connectivity index is 2.71. The minimum Gasteiger partial charge on any atom is -0.466 e. The summed E-state index contributed by atoms with van der Waals surface area (Å²) >= 11 is 1.64. The van der Waals surface area contributed by atoms with Crippen molar-refractivity contribution in [1.82, 2.24) is 0 Å². The van der Waals surface area contributed by atoms with Gasteiger partial charge >= 0.3 is 14.4 Å². The number of carbonyl (C=O) groups excluding carboxylic acids is 1. The molecule has 1 aromatic rings. The van der Waals surface area contributed by atoms with Crippen molar-refractivity contribution in [2.24, 2.45) is 11.8 Å². The van der Waals surface area contributed by atoms with E-state index in [9.17, 15) is 9.36 Å². The topological polar surface area (TPSA) is 43.4 Å². The van der Waals surface area contributed by atoms with Crippen molar-refractivity contribution < 1.29 is 14.1 Å². The first-order chi connectivity index (χ1) is 10.1. The second kappa shape index (κ2) is 9.97. The molecule has 0 aliphatic heterocycles. The zero-order valence-electron chi connectivity index (χ0n) is 12.9. The molecule has 0 saturated carbocycles. The van der Waals surface area contributed by atoms with E-state index in [4.69, 9.17) is 4.74 Å². The Hall–Kier alpha value is -0.860. The molecule has 0 saturated heterocycles. The third-order valence-electron chi connectivity index (χ3n) is 3.12. The highest BCUT2D eigenvalue weighted by molar-refractivity contribution is 7.99. The number of rotatable bonds is 9. The molecule has 0 aliphatic rings. The molecule has 116 valence electrons. The lowest BCUT2D eigenvalue weighted by molar-refractivity contribution is -0.148. The van der Waals surface area contributed by atoms with Gasteiger partial charge in [-0.1, -0.05) is 36.6 Å². The summed E-state index contributed by atoms with van der Waals surface area (Å²) in [5.41, 5.74) is -0.156. The predicted molar refractivity (Wildman–Crippen MR) is 89.5 cm³/mol. The van der Waals surface area contributed by atoms with Crippen molar-refractivity contribution in [3.05, 3.63) is 30.3 Å². The third-order valence-corrected chi connectivity index (χ3v) is 5.46. The molecule has 21 heavy (non-hydrogen) atoms. The van der Waals surface area contributed by atoms with E-state index < -0.39 is 8.46 Å². The Morgan fingerprint density at radius 2 is 1.95 bits per heavy atom. The molecule has 0 heterocycles. The van der Waals surface area contributed by atoms with E-state index in [-0.39, 0.29) is 17.5 Å². The van der Waals surface area contributed by atoms with E-state index in [0.29, 0.717) is 24.7 Å². The van der Waals surface area contributed by atoms with Crippen LogP contribution < -0.4 is 0 Å². The molecule has 3 atom stereocenters. The van der Waals surface area contributed by atoms with Crippen LogP contribution >= 0.6 is 20.2 Å². The number of hydrogen-bond acceptors (Lipinski definition) is 4. The van der Waals surface area contributed by atoms with Gasteiger partial charge in [0.2, 0.25) is 0 Å². The lowest BCUT2D eigenvalue weighted by Crippen LogP contribution is -2.29. The summed E-state index contributed by atoms with van der Waals surface area (Å²) in [6, 6.07) is 9.98. The Morgan fingerprint density at radius 3 is 2.48 bits per heavy atom. The third kappa shape index (κ3) is 6.62. The molecule has 0 amide bonds. The first-order valence-electron chi connectivity index (χ1n) is 7.30. The van der Waals surface area contributed by atoms with Crippen molar-refractivity contribution in [2.75, 3.05) is 12.4 Å². The van der Waals surface area contributed by atoms with Gasteiger partial charge in [0.05, 0.1) is 6.61 Å². The molecule has 0 spiro atoms. The molecule has 5 heteroatoms. The number of thioether (sulfide) groups is 1. The maximum absolute atomic E-state index is 12.1. The monoisotopic (exact) mass is 327 g/mol. The number of benzene rings is 1. The summed E-state index contributed by atoms with van der Waals surface area (Å²) in [4.78, 5) is 13.3. The van der Waals surface area contributed by atoms with Crippen LogP contribution in [0.15, 0.2) is 35.2 Å². The second-order valence-corrected chi connectivity index (χ2v) is 7.41. The number of esters is 1. The fourth-order valence-electron chi connectivity index (χ4n) is 2.12. The van der Waals surface area contributed by atoms with E-state index in [2.05, 4.69) is 13.8 Å². The number of ether oxygens (including phenoxy) is 1. The molecule has 3 unspecified atom stereocenters. The lowest BCUT2D eigenvalue weighted by atomic mass is 9.94. The minimum absolute atomic E-state index is 0.156. The maximum Gasteiger partial charge on any atom is 0.329 e. The molecule has 1 rings (SSSR count). The number of carbonyl (C=O) groups is 1. The van der Waals surface area contributed by atoms with Crippen molar-refractivity contribution in [2.45, 2.75) is 37.7 Å². The zero-order valence-corrected chi connectivity index (χ0v) is 14.7. The van der Waals surface area contributed by atoms with Gasteiger partial charge in [-0.3, -0.25) is 4.79 Å². The quantitative estimate of drug-likeness (QED) is 0.383. The lowest BCUT2D eigenvalue weighted by Gasteiger charge is -2.18. The molecule has 0 aromatic heterocycles. The summed E-state index contributed by atoms with van der Waals surface area (Å²) in [6.07, 6.45) is 0.716. The minimum atomic E-state index is -0.494. The van der Waals surface area contributed by atoms with Crippen LogP contribution in [0.3, 0.4) is 0 Å². The van der Waals surface area contributed by atoms with Crippen LogP contribution in [0.1, 0.15) is 27.2 Å². The molecule has 1 aromatic carbocycles. The SMILES string of the molecule is CCOC(=O)C(CC(C)C)C(CSc1ccccc1)[PH+]=O. The van der Waals surface area contributed by atoms with Gasteiger partial charge in [0, 0.05) is 10.6 Å². The molecular formula is C16H24O3PS+. The van der Waals surface area contributed by atoms with Gasteiger partial charge in [-0.15, -0.1) is 11.8 Å². The highest BCUT2D eigenvalue weighted by atomic mass is 32.2. The highest BCUT2D eigenvalue weighted by Gasteiger charge is 2.35. The van der Waals surface area contributed by atoms with Crippen molar-refractivity contribution in [3.63, 3.8) is 0 Å². The molecule has 3 nitrogen and oxygen atoms in total. The van der Waals surface area contributed by atoms with E-state index in [1.165, 1.54) is 0 Å². The van der Waals surface area contributed by atoms with Crippen LogP contribution in [0, 0.1) is 11.8 Å². The molecule has 0 aliphatic carbocycles. The molecule has 0 radical (unpaired) electrons. The maximum atomic E-state index is 12.1. The van der Waals surface area contributed by atoms with E-state index in [0.717, 1.165) is 4.90 Å². The average molecular weight is 327 g/mol. The van der Waals surface area contributed by atoms with Crippen molar-refractivity contribution in [3.8, 4) is 0 Å². The molecular weight excluding hydrogens is 303 g/mol. The Kier molecular flexibility index (Phi) is 8.63. The summed E-state index contributed by atoms with van der Waals surface area (Å²) in [5.74, 6) is 0.549. The normalized spacial score (nSPS) is 14.1. The Labute approximate surface area is 133 Å². The molecule has 0 bridgehead atoms. The fraction of sp³-hybridized carbons (Fsp3) is 0.562. The van der Waals surface area contributed by atoms with Gasteiger partial charge in [0.15, 0.2) is 5.66 Å². The van der Waals surface area contributed by atoms with E-state index >= 15 is 0 Å². The van der Waals surface area contributed by atoms with Gasteiger partial charge in [0.25, 0.3) is 0 Å². The fourth-order valence-corrected chi connectivity index (χ4v) is 4.03. The van der Waals surface area contributed by atoms with E-state index in [1.54, 1.807) is 18.7 Å². The van der Waals surface area contributed by atoms with Gasteiger partial charge in [-0.2, -0.15) is 0 Å². The summed E-state index contributed by atoms with van der Waals surface area (Å²) in [6.45, 7) is 6.31. The van der Waals surface area contributed by atoms with Crippen LogP contribution in [0.5, 0.6) is 0 Å². The smallest absolute Gasteiger partial charge is 0.329 e. The largest absolute Gasteiger partial charge is 0.466 e. The average Bonchev–Trinajstić information content (AvgIpc) is 2.47. The summed E-state index contributed by atoms with van der Waals surface area (Å²) < 4.78 is 16.7. The van der Waals surface area contributed by atoms with Crippen LogP contribution in [-0.4, -0.2) is 24.0 Å². The second-order valence-electron chi connectivity index (χ2n) is 5.34. The highest BCUT2D eigenvalue weighted by Crippen LogP contribution is 2.31. The Bertz CT molecular complexity index is 436. The standard InChI is InChI=1S/C16H23O3PS/c1-4-19-16(17)14(10-12(2)3)15(20-18)11-21-13-8-6-5-7-9-13/h5-9,12,14-15H,4,10-11H2,1-3H3/p+1. The predicted octanol–water partition coefficient (Wildman–Crippen LogP) is 4.40. The van der Waals surface area contributed by atoms with E-state index in [1.807, 2.05) is 30.3 Å². The van der Waals surface area contributed by atoms with Crippen LogP contribution in [-0.2, 0) is 14.1 Å². The zero-order chi connectivity index (χ0) is 15.7. The molecule has 0 N–H and O–H groups in total. The van der Waals surface area contributed by atoms with Crippen LogP contribution in [0.4, 0.5) is 0 Å². The van der Waals surface area contributed by atoms with Crippen molar-refractivity contribution in [1.29, 1.82) is 0 Å². The first-order valence-corrected chi connectivity index (χ1v) is 9.27. The van der Waals surface area contributed by atoms with Gasteiger partial charge in [-0.25, -0.2) is 0 Å². The number of hydrogen-bond donors (Lipinski definition) is 0. The molecule has 0 fully saturated rings. The van der Waals surface area contributed by atoms with Gasteiger partial charge in [0.1, 0.15) is 5.92 Å². The summed E-state index contributed by atoms with van der Waals surface area (Å²) in [7, 11) is -0.494.